The SMILES string of the molecule is CCC(=O)N[B]NC(=O)CC.Cc1cccc(-c2cccc3[cH-]c(CC(C)C)cc23)c1C.Cc1cccc(-c2cccc3[cH-]c(CC(C)C)cc23)c1C.[Cl][Zr+2][Cl]. The summed E-state index contributed by atoms with van der Waals surface area (Å²) in [7, 11) is 11.1. The van der Waals surface area contributed by atoms with Crippen LogP contribution in [0.1, 0.15) is 87.8 Å². The average molecular weight is 868 g/mol. The van der Waals surface area contributed by atoms with Crippen molar-refractivity contribution in [3.63, 3.8) is 0 Å². The molecule has 0 bridgehead atoms. The Morgan fingerprint density at radius 3 is 1.29 bits per heavy atom. The molecule has 2 N–H and O–H groups in total. The molecule has 2 amide bonds. The van der Waals surface area contributed by atoms with Crippen molar-refractivity contribution >= 4 is 57.9 Å². The molecular formula is C48H58BCl2N2O2Zr. The fourth-order valence-corrected chi connectivity index (χ4v) is 6.73. The van der Waals surface area contributed by atoms with Gasteiger partial charge in [-0.2, -0.15) is 12.1 Å². The van der Waals surface area contributed by atoms with Crippen LogP contribution in [0, 0.1) is 39.5 Å². The van der Waals surface area contributed by atoms with Gasteiger partial charge in [0.15, 0.2) is 0 Å². The number of amides is 2. The summed E-state index contributed by atoms with van der Waals surface area (Å²) in [4.78, 5) is 21.2. The number of nitrogens with one attached hydrogen (secondary N) is 2. The molecule has 293 valence electrons. The number of carbonyl (C=O) groups excluding carboxylic acids is 2. The number of rotatable bonds is 10. The number of hydrogen-bond acceptors (Lipinski definition) is 2. The third-order valence-corrected chi connectivity index (χ3v) is 9.81. The van der Waals surface area contributed by atoms with E-state index in [9.17, 15) is 9.59 Å². The van der Waals surface area contributed by atoms with Crippen molar-refractivity contribution in [2.24, 2.45) is 11.8 Å². The second-order valence-corrected chi connectivity index (χ2v) is 18.8. The summed E-state index contributed by atoms with van der Waals surface area (Å²) >= 11 is -0.826. The van der Waals surface area contributed by atoms with Gasteiger partial charge >= 0.3 is 45.4 Å². The van der Waals surface area contributed by atoms with Gasteiger partial charge in [0.1, 0.15) is 0 Å². The minimum absolute atomic E-state index is 0.110. The molecule has 6 aromatic rings. The van der Waals surface area contributed by atoms with E-state index in [1.165, 1.54) is 84.7 Å². The molecule has 0 heterocycles. The first-order valence-electron chi connectivity index (χ1n) is 19.6. The van der Waals surface area contributed by atoms with E-state index in [1.54, 1.807) is 13.8 Å². The number of halogens is 2. The van der Waals surface area contributed by atoms with Gasteiger partial charge in [-0.3, -0.25) is 9.59 Å². The van der Waals surface area contributed by atoms with E-state index in [2.05, 4.69) is 163 Å². The summed E-state index contributed by atoms with van der Waals surface area (Å²) in [5.41, 5.74) is 13.9. The van der Waals surface area contributed by atoms with E-state index in [0.717, 1.165) is 12.8 Å². The van der Waals surface area contributed by atoms with Crippen LogP contribution in [0.3, 0.4) is 0 Å². The Kier molecular flexibility index (Phi) is 19.9. The first kappa shape index (κ1) is 46.9. The molecule has 4 nitrogen and oxygen atoms in total. The third-order valence-electron chi connectivity index (χ3n) is 9.81. The number of fused-ring (bicyclic) bond motifs is 2. The van der Waals surface area contributed by atoms with Crippen LogP contribution < -0.4 is 10.5 Å². The van der Waals surface area contributed by atoms with Crippen molar-refractivity contribution in [1.29, 1.82) is 0 Å². The molecule has 6 rings (SSSR count). The summed E-state index contributed by atoms with van der Waals surface area (Å²) in [6.45, 7) is 21.4. The molecule has 0 aliphatic carbocycles. The van der Waals surface area contributed by atoms with Crippen LogP contribution in [-0.4, -0.2) is 19.4 Å². The predicted octanol–water partition coefficient (Wildman–Crippen LogP) is 13.0. The van der Waals surface area contributed by atoms with E-state index >= 15 is 0 Å². The number of benzene rings is 4. The van der Waals surface area contributed by atoms with Gasteiger partial charge in [-0.05, 0) is 85.8 Å². The van der Waals surface area contributed by atoms with Crippen molar-refractivity contribution in [1.82, 2.24) is 10.5 Å². The Morgan fingerprint density at radius 1 is 0.607 bits per heavy atom. The van der Waals surface area contributed by atoms with Gasteiger partial charge in [-0.25, -0.2) is 0 Å². The second-order valence-electron chi connectivity index (χ2n) is 15.1. The van der Waals surface area contributed by atoms with E-state index in [1.807, 2.05) is 0 Å². The molecule has 56 heavy (non-hydrogen) atoms. The Hall–Kier alpha value is -3.43. The van der Waals surface area contributed by atoms with Crippen LogP contribution in [0.5, 0.6) is 0 Å². The van der Waals surface area contributed by atoms with Crippen molar-refractivity contribution in [3.8, 4) is 22.3 Å². The van der Waals surface area contributed by atoms with Crippen molar-refractivity contribution in [2.75, 3.05) is 0 Å². The average Bonchev–Trinajstić information content (AvgIpc) is 3.77. The molecule has 0 spiro atoms. The molecule has 0 saturated heterocycles. The molecule has 0 fully saturated rings. The molecule has 0 atom stereocenters. The molecule has 1 radical (unpaired) electrons. The molecule has 0 aliphatic heterocycles. The zero-order valence-corrected chi connectivity index (χ0v) is 38.8. The van der Waals surface area contributed by atoms with Gasteiger partial charge < -0.3 is 10.5 Å². The van der Waals surface area contributed by atoms with Crippen molar-refractivity contribution < 1.29 is 30.4 Å². The van der Waals surface area contributed by atoms with Gasteiger partial charge in [-0.15, -0.1) is 69.1 Å². The molecule has 0 aromatic heterocycles. The maximum absolute atomic E-state index is 10.6. The standard InChI is InChI=1S/2C21H23.C6H12BN2O2.2ClH.Zr/c2*1-14(2)11-17-12-18-8-6-10-20(21(18)13-17)19-9-5-7-15(3)16(19)4;1-3-5(10)8-7-9-6(11)4-2;;;/h2*5-10,12-14H,11H2,1-4H3;3-4H2,1-2H3,(H,8,10)(H,9,11);2*1H;/q2*-1;;;;+4/p-2. The summed E-state index contributed by atoms with van der Waals surface area (Å²) in [6, 6.07) is 36.0. The van der Waals surface area contributed by atoms with Gasteiger partial charge in [0.2, 0.25) is 11.8 Å². The number of aryl methyl sites for hydroxylation is 2. The second kappa shape index (κ2) is 23.7. The van der Waals surface area contributed by atoms with Gasteiger partial charge in [-0.1, -0.05) is 101 Å². The molecule has 0 saturated carbocycles. The van der Waals surface area contributed by atoms with Crippen LogP contribution in [0.25, 0.3) is 43.8 Å². The van der Waals surface area contributed by atoms with E-state index in [0.29, 0.717) is 24.7 Å². The van der Waals surface area contributed by atoms with Crippen LogP contribution in [-0.2, 0) is 43.3 Å². The zero-order chi connectivity index (χ0) is 41.4. The zero-order valence-electron chi connectivity index (χ0n) is 34.9. The van der Waals surface area contributed by atoms with Crippen LogP contribution >= 0.6 is 17.0 Å². The first-order valence-corrected chi connectivity index (χ1v) is 25.9. The molecule has 0 aliphatic rings. The van der Waals surface area contributed by atoms with Gasteiger partial charge in [0, 0.05) is 12.8 Å². The summed E-state index contributed by atoms with van der Waals surface area (Å²) in [5, 5.41) is 10.3. The van der Waals surface area contributed by atoms with Crippen LogP contribution in [0.15, 0.2) is 97.1 Å². The fraction of sp³-hybridized carbons (Fsp3) is 0.333. The predicted molar refractivity (Wildman–Crippen MR) is 240 cm³/mol. The summed E-state index contributed by atoms with van der Waals surface area (Å²) in [5.74, 6) is 1.18. The molecule has 0 unspecified atom stereocenters. The molecule has 6 aromatic carbocycles. The first-order chi connectivity index (χ1) is 26.7. The number of hydrogen-bond donors (Lipinski definition) is 2. The minimum atomic E-state index is -0.826. The normalized spacial score (nSPS) is 10.5. The molecular weight excluding hydrogens is 809 g/mol. The third kappa shape index (κ3) is 13.9. The van der Waals surface area contributed by atoms with E-state index in [-0.39, 0.29) is 11.8 Å². The fourth-order valence-electron chi connectivity index (χ4n) is 6.73. The van der Waals surface area contributed by atoms with Crippen LogP contribution in [0.4, 0.5) is 0 Å². The van der Waals surface area contributed by atoms with Crippen molar-refractivity contribution in [2.45, 2.75) is 94.9 Å². The Balaban J connectivity index is 0.000000228. The Labute approximate surface area is 355 Å². The van der Waals surface area contributed by atoms with Gasteiger partial charge in [0.25, 0.3) is 0 Å². The summed E-state index contributed by atoms with van der Waals surface area (Å²) in [6.07, 6.45) is 3.14. The van der Waals surface area contributed by atoms with Gasteiger partial charge in [0.05, 0.1) is 0 Å². The maximum atomic E-state index is 10.6. The Morgan fingerprint density at radius 2 is 0.946 bits per heavy atom. The van der Waals surface area contributed by atoms with Crippen LogP contribution in [0.2, 0.25) is 0 Å². The van der Waals surface area contributed by atoms with Crippen molar-refractivity contribution in [3.05, 3.63) is 130 Å². The molecule has 8 heteroatoms. The Bertz CT molecular complexity index is 2020. The quantitative estimate of drug-likeness (QED) is 0.106. The number of carbonyl (C=O) groups is 2. The van der Waals surface area contributed by atoms with E-state index in [4.69, 9.17) is 17.0 Å². The monoisotopic (exact) mass is 865 g/mol. The van der Waals surface area contributed by atoms with E-state index < -0.39 is 20.8 Å². The topological polar surface area (TPSA) is 58.2 Å². The summed E-state index contributed by atoms with van der Waals surface area (Å²) < 4.78 is 0.